The van der Waals surface area contributed by atoms with E-state index in [1.54, 1.807) is 18.0 Å². The third-order valence-corrected chi connectivity index (χ3v) is 5.71. The summed E-state index contributed by atoms with van der Waals surface area (Å²) in [6.45, 7) is 0.696. The summed E-state index contributed by atoms with van der Waals surface area (Å²) in [4.78, 5) is 18.5. The summed E-state index contributed by atoms with van der Waals surface area (Å²) in [6, 6.07) is 3.82. The molecule has 2 aliphatic rings. The van der Waals surface area contributed by atoms with Gasteiger partial charge in [0, 0.05) is 25.4 Å². The largest absolute Gasteiger partial charge is 0.491 e. The van der Waals surface area contributed by atoms with Crippen LogP contribution < -0.4 is 10.1 Å². The molecule has 2 fully saturated rings. The fourth-order valence-electron chi connectivity index (χ4n) is 4.17. The number of aromatic nitrogens is 1. The Balaban J connectivity index is 1.66. The molecule has 0 unspecified atom stereocenters. The lowest BCUT2D eigenvalue weighted by molar-refractivity contribution is -0.131. The van der Waals surface area contributed by atoms with Gasteiger partial charge >= 0.3 is 0 Å². The van der Waals surface area contributed by atoms with Crippen LogP contribution in [-0.4, -0.2) is 42.0 Å². The Morgan fingerprint density at radius 3 is 2.71 bits per heavy atom. The Kier molecular flexibility index (Phi) is 4.53. The van der Waals surface area contributed by atoms with Crippen molar-refractivity contribution in [1.29, 1.82) is 0 Å². The number of benzene rings is 1. The van der Waals surface area contributed by atoms with Gasteiger partial charge in [0.25, 0.3) is 0 Å². The van der Waals surface area contributed by atoms with E-state index in [9.17, 15) is 18.0 Å². The predicted octanol–water partition coefficient (Wildman–Crippen LogP) is 3.20. The first-order valence-corrected chi connectivity index (χ1v) is 9.07. The molecule has 1 aromatic heterocycles. The van der Waals surface area contributed by atoms with E-state index in [4.69, 9.17) is 0 Å². The van der Waals surface area contributed by atoms with Gasteiger partial charge in [-0.3, -0.25) is 15.1 Å². The molecule has 4 rings (SSSR count). The second kappa shape index (κ2) is 6.77. The maximum atomic E-state index is 14.5. The number of likely N-dealkylation sites (tertiary alicyclic amines) is 1. The third-order valence-electron chi connectivity index (χ3n) is 5.71. The fourth-order valence-corrected chi connectivity index (χ4v) is 4.17. The quantitative estimate of drug-likeness (QED) is 0.817. The third kappa shape index (κ3) is 2.83. The maximum Gasteiger partial charge on any atom is 0.242 e. The van der Waals surface area contributed by atoms with Crippen molar-refractivity contribution in [2.75, 3.05) is 20.7 Å². The number of likely N-dealkylation sites (N-methyl/N-ethyl adjacent to an activating group) is 1. The molecule has 1 aromatic carbocycles. The van der Waals surface area contributed by atoms with Gasteiger partial charge in [0.2, 0.25) is 11.7 Å². The summed E-state index contributed by atoms with van der Waals surface area (Å²) in [5.74, 6) is -4.21. The summed E-state index contributed by atoms with van der Waals surface area (Å²) >= 11 is 0. The number of carbonyl (C=O) groups is 1. The van der Waals surface area contributed by atoms with E-state index in [0.29, 0.717) is 30.6 Å². The van der Waals surface area contributed by atoms with Gasteiger partial charge in [0.15, 0.2) is 17.4 Å². The fraction of sp³-hybridized carbons (Fsp3) is 0.400. The number of nitrogens with one attached hydrogen (secondary N) is 1. The molecule has 2 saturated heterocycles. The number of hydrogen-bond acceptors (Lipinski definition) is 4. The number of halogens is 3. The number of carbonyl (C=O) groups excluding carboxylic acids is 1. The van der Waals surface area contributed by atoms with Crippen LogP contribution in [0.4, 0.5) is 13.2 Å². The molecule has 1 amide bonds. The summed E-state index contributed by atoms with van der Waals surface area (Å²) in [7, 11) is 2.86. The number of hydrogen-bond donors (Lipinski definition) is 1. The van der Waals surface area contributed by atoms with Crippen molar-refractivity contribution in [2.45, 2.75) is 30.8 Å². The molecule has 1 N–H and O–H groups in total. The van der Waals surface area contributed by atoms with Crippen LogP contribution in [-0.2, 0) is 4.79 Å². The van der Waals surface area contributed by atoms with Crippen molar-refractivity contribution >= 4 is 5.91 Å². The molecule has 0 saturated carbocycles. The zero-order valence-corrected chi connectivity index (χ0v) is 15.6. The zero-order valence-electron chi connectivity index (χ0n) is 15.6. The topological polar surface area (TPSA) is 54.5 Å². The Morgan fingerprint density at radius 2 is 2.04 bits per heavy atom. The zero-order chi connectivity index (χ0) is 20.1. The van der Waals surface area contributed by atoms with Gasteiger partial charge in [0.1, 0.15) is 5.54 Å². The van der Waals surface area contributed by atoms with Crippen LogP contribution in [0.15, 0.2) is 24.4 Å². The minimum absolute atomic E-state index is 0.0662. The van der Waals surface area contributed by atoms with Crippen LogP contribution in [0.3, 0.4) is 0 Å². The monoisotopic (exact) mass is 391 g/mol. The molecule has 28 heavy (non-hydrogen) atoms. The molecular formula is C20H20F3N3O2. The molecule has 8 heteroatoms. The van der Waals surface area contributed by atoms with Crippen molar-refractivity contribution in [1.82, 2.24) is 15.2 Å². The first kappa shape index (κ1) is 18.7. The molecule has 1 spiro atoms. The van der Waals surface area contributed by atoms with Crippen molar-refractivity contribution in [3.05, 3.63) is 47.5 Å². The number of amides is 1. The first-order chi connectivity index (χ1) is 13.4. The molecule has 5 nitrogen and oxygen atoms in total. The lowest BCUT2D eigenvalue weighted by atomic mass is 9.96. The van der Waals surface area contributed by atoms with Gasteiger partial charge in [-0.2, -0.15) is 4.39 Å². The Morgan fingerprint density at radius 1 is 1.25 bits per heavy atom. The normalized spacial score (nSPS) is 24.4. The summed E-state index contributed by atoms with van der Waals surface area (Å²) < 4.78 is 47.2. The maximum absolute atomic E-state index is 14.5. The Hall–Kier alpha value is -2.61. The molecule has 0 radical (unpaired) electrons. The van der Waals surface area contributed by atoms with E-state index in [2.05, 4.69) is 15.0 Å². The second-order valence-electron chi connectivity index (χ2n) is 7.33. The van der Waals surface area contributed by atoms with Gasteiger partial charge < -0.3 is 9.64 Å². The van der Waals surface area contributed by atoms with Crippen LogP contribution >= 0.6 is 0 Å². The Bertz CT molecular complexity index is 953. The minimum Gasteiger partial charge on any atom is -0.491 e. The number of ether oxygens (including phenoxy) is 1. The second-order valence-corrected chi connectivity index (χ2v) is 7.33. The summed E-state index contributed by atoms with van der Waals surface area (Å²) in [5.41, 5.74) is 0.123. The van der Waals surface area contributed by atoms with E-state index < -0.39 is 28.7 Å². The highest BCUT2D eigenvalue weighted by Gasteiger charge is 2.50. The number of nitrogens with zero attached hydrogens (tertiary/aromatic N) is 2. The smallest absolute Gasteiger partial charge is 0.242 e. The van der Waals surface area contributed by atoms with Crippen LogP contribution in [0, 0.1) is 17.5 Å². The van der Waals surface area contributed by atoms with E-state index in [0.717, 1.165) is 19.6 Å². The molecule has 2 aromatic rings. The standard InChI is InChI=1S/C20H20F3N3O2/c1-26-8-6-20(19(26)27)5-3-14(25-20)15-9-11(4-7-24-15)12-10-13(21)18(28-2)17(23)16(12)22/h4,7,9-10,14,25H,3,5-6,8H2,1-2H3/t14-,20+/m1/s1. The minimum atomic E-state index is -1.37. The van der Waals surface area contributed by atoms with Gasteiger partial charge in [-0.1, -0.05) is 0 Å². The molecule has 0 aliphatic carbocycles. The van der Waals surface area contributed by atoms with Crippen LogP contribution in [0.2, 0.25) is 0 Å². The van der Waals surface area contributed by atoms with E-state index in [-0.39, 0.29) is 17.5 Å². The first-order valence-electron chi connectivity index (χ1n) is 9.07. The Labute approximate surface area is 160 Å². The van der Waals surface area contributed by atoms with Gasteiger partial charge in [-0.15, -0.1) is 0 Å². The van der Waals surface area contributed by atoms with Crippen molar-refractivity contribution in [2.24, 2.45) is 0 Å². The summed E-state index contributed by atoms with van der Waals surface area (Å²) in [6.07, 6.45) is 3.58. The molecule has 2 aliphatic heterocycles. The highest BCUT2D eigenvalue weighted by Crippen LogP contribution is 2.39. The van der Waals surface area contributed by atoms with Gasteiger partial charge in [0.05, 0.1) is 18.8 Å². The van der Waals surface area contributed by atoms with Crippen molar-refractivity contribution in [3.8, 4) is 16.9 Å². The van der Waals surface area contributed by atoms with Crippen LogP contribution in [0.5, 0.6) is 5.75 Å². The molecule has 3 heterocycles. The molecule has 2 atom stereocenters. The van der Waals surface area contributed by atoms with Crippen molar-refractivity contribution < 1.29 is 22.7 Å². The molecule has 148 valence electrons. The summed E-state index contributed by atoms with van der Waals surface area (Å²) in [5, 5.41) is 3.38. The van der Waals surface area contributed by atoms with Crippen molar-refractivity contribution in [3.63, 3.8) is 0 Å². The predicted molar refractivity (Wildman–Crippen MR) is 96.2 cm³/mol. The van der Waals surface area contributed by atoms with Crippen LogP contribution in [0.25, 0.3) is 11.1 Å². The van der Waals surface area contributed by atoms with E-state index >= 15 is 0 Å². The highest BCUT2D eigenvalue weighted by atomic mass is 19.2. The highest BCUT2D eigenvalue weighted by molar-refractivity contribution is 5.88. The van der Waals surface area contributed by atoms with E-state index in [1.807, 2.05) is 0 Å². The molecule has 0 bridgehead atoms. The van der Waals surface area contributed by atoms with Gasteiger partial charge in [-0.25, -0.2) is 8.78 Å². The van der Waals surface area contributed by atoms with Gasteiger partial charge in [-0.05, 0) is 43.0 Å². The number of rotatable bonds is 3. The SMILES string of the molecule is COc1c(F)cc(-c2ccnc([C@H]3CC[C@@]4(CCN(C)C4=O)N3)c2)c(F)c1F. The van der Waals surface area contributed by atoms with E-state index in [1.165, 1.54) is 12.3 Å². The average Bonchev–Trinajstić information content (AvgIpc) is 3.25. The average molecular weight is 391 g/mol. The molecular weight excluding hydrogens is 371 g/mol. The van der Waals surface area contributed by atoms with Crippen LogP contribution in [0.1, 0.15) is 31.0 Å². The number of pyridine rings is 1. The number of methoxy groups -OCH3 is 1. The lowest BCUT2D eigenvalue weighted by Crippen LogP contribution is -2.47. The lowest BCUT2D eigenvalue weighted by Gasteiger charge is -2.23.